The second-order valence-corrected chi connectivity index (χ2v) is 40.7. The number of phenolic OH excluding ortho intramolecular Hbond substituents is 3. The van der Waals surface area contributed by atoms with Gasteiger partial charge in [-0.3, -0.25) is 57.6 Å². The van der Waals surface area contributed by atoms with Gasteiger partial charge in [-0.2, -0.15) is 0 Å². The number of amides is 11. The van der Waals surface area contributed by atoms with Gasteiger partial charge in [0.1, 0.15) is 124 Å². The quantitative estimate of drug-likeness (QED) is 0.00867. The number of carbonyl (C=O) groups is 13. The van der Waals surface area contributed by atoms with Gasteiger partial charge in [0.15, 0.2) is 59.7 Å². The molecule has 49 nitrogen and oxygen atoms in total. The molecule has 11 amide bonds. The Balaban J connectivity index is 0.726. The van der Waals surface area contributed by atoms with Gasteiger partial charge in [0.05, 0.1) is 46.9 Å². The first-order chi connectivity index (χ1) is 71.2. The Morgan fingerprint density at radius 1 is 0.733 bits per heavy atom. The topological polar surface area (TPSA) is 752 Å². The molecule has 3 fully saturated rings. The molecule has 5 aromatic carbocycles. The molecule has 0 aliphatic carbocycles. The van der Waals surface area contributed by atoms with E-state index in [1.165, 1.54) is 51.9 Å². The first-order valence-corrected chi connectivity index (χ1v) is 50.2. The number of nitrogen functional groups attached to an aromatic ring is 1. The molecule has 11 heterocycles. The lowest BCUT2D eigenvalue weighted by atomic mass is 9.86. The van der Waals surface area contributed by atoms with Crippen molar-refractivity contribution >= 4 is 146 Å². The van der Waals surface area contributed by atoms with Crippen molar-refractivity contribution in [1.29, 1.82) is 0 Å². The fraction of sp³-hybridized carbons (Fsp3) is 0.438. The third-order valence-corrected chi connectivity index (χ3v) is 28.8. The Kier molecular flexibility index (Phi) is 36.1. The smallest absolute Gasteiger partial charge is 0.352 e. The van der Waals surface area contributed by atoms with E-state index >= 15 is 24.0 Å². The Hall–Kier alpha value is -13.5. The molecule has 804 valence electrons. The van der Waals surface area contributed by atoms with Crippen molar-refractivity contribution in [1.82, 2.24) is 68.4 Å². The number of nitrogens with one attached hydrogen (secondary N) is 11. The number of oxime groups is 1. The van der Waals surface area contributed by atoms with Crippen molar-refractivity contribution in [2.24, 2.45) is 22.5 Å². The average molecular weight is 2180 g/mol. The van der Waals surface area contributed by atoms with Crippen LogP contribution in [0.5, 0.6) is 46.0 Å². The molecule has 3 saturated heterocycles. The van der Waals surface area contributed by atoms with E-state index in [0.29, 0.717) is 30.4 Å². The summed E-state index contributed by atoms with van der Waals surface area (Å²) in [6, 6.07) is -0.0555. The minimum absolute atomic E-state index is 0.0159. The summed E-state index contributed by atoms with van der Waals surface area (Å²) in [6.45, 7) is 5.05. The number of nitrogens with zero attached hydrogens (tertiary/aromatic N) is 4. The second kappa shape index (κ2) is 48.2. The largest absolute Gasteiger partial charge is 0.507 e. The van der Waals surface area contributed by atoms with E-state index in [2.05, 4.69) is 68.6 Å². The van der Waals surface area contributed by atoms with E-state index in [1.54, 1.807) is 42.9 Å². The van der Waals surface area contributed by atoms with Gasteiger partial charge < -0.3 is 165 Å². The summed E-state index contributed by atoms with van der Waals surface area (Å²) < 4.78 is 40.4. The predicted octanol–water partition coefficient (Wildman–Crippen LogP) is 0.348. The number of pyridine rings is 1. The summed E-state index contributed by atoms with van der Waals surface area (Å²) in [5, 5.41) is 160. The number of hydrogen-bond donors (Lipinski definition) is 25. The maximum Gasteiger partial charge on any atom is 0.352 e. The number of likely N-dealkylation sites (N-methyl/N-ethyl adjacent to an activating group) is 1. The number of carboxylic acid groups (broad SMARTS) is 2. The monoisotopic (exact) mass is 2180 g/mol. The number of thioether (sulfide) groups is 1. The van der Waals surface area contributed by atoms with Gasteiger partial charge in [0, 0.05) is 90.6 Å². The van der Waals surface area contributed by atoms with Crippen molar-refractivity contribution in [2.45, 2.75) is 219 Å². The SMILES string of the molecule is CN[C@H](CC(C)C)C(=O)N[C@H]1C(=O)N[C@@H](CC(N)=O)C(=O)N[C@H]2C(=O)NC3C(=O)NC(C(=O)N[C@H](C(=O)O)c4cc(O)c(CNCCNC(=O)CCCCCC(=O)NCc5ccc[n+](CC6=C(C(=O)O)N7C(=O)[C@@H](NC(=O)/C(=N\OC)c8nc(N)sc8Cl)[C@H]7SC6)c5)c(O)c4-c4cc3ccc4O)[C@H](O)c3ccc(c(Cl)c3)Oc3cc2cc(c3O[C@@H]2O[C@H](CO)[C@@H](O)[C@H](O)[C@H]2O[C@H]2C[C@](C)(N)[C@H](O)[C@H](C)O2)Oc2ccc(cc2Cl)[C@H]1O. The van der Waals surface area contributed by atoms with Crippen LogP contribution in [0.1, 0.15) is 154 Å². The van der Waals surface area contributed by atoms with E-state index in [4.69, 9.17) is 85.3 Å². The Morgan fingerprint density at radius 3 is 2.01 bits per heavy atom. The molecule has 0 radical (unpaired) electrons. The number of fused-ring (bicyclic) bond motifs is 16. The van der Waals surface area contributed by atoms with Crippen LogP contribution >= 0.6 is 57.9 Å². The fourth-order valence-electron chi connectivity index (χ4n) is 18.1. The average Bonchev–Trinajstić information content (AvgIpc) is 0.943. The van der Waals surface area contributed by atoms with Gasteiger partial charge >= 0.3 is 11.9 Å². The van der Waals surface area contributed by atoms with Crippen LogP contribution in [0.2, 0.25) is 14.4 Å². The summed E-state index contributed by atoms with van der Waals surface area (Å²) in [5.74, 6) is -20.4. The normalized spacial score (nSPS) is 25.6. The zero-order chi connectivity index (χ0) is 109. The van der Waals surface area contributed by atoms with Crippen LogP contribution in [0.15, 0.2) is 114 Å². The lowest BCUT2D eigenvalue weighted by Gasteiger charge is -2.49. The molecular weight excluding hydrogens is 2070 g/mol. The van der Waals surface area contributed by atoms with Crippen molar-refractivity contribution in [2.75, 3.05) is 45.3 Å². The van der Waals surface area contributed by atoms with Gasteiger partial charge in [-0.05, 0) is 129 Å². The Bertz CT molecular complexity index is 6460. The van der Waals surface area contributed by atoms with E-state index in [0.717, 1.165) is 76.9 Å². The number of benzene rings is 5. The van der Waals surface area contributed by atoms with Gasteiger partial charge in [0.25, 0.3) is 11.8 Å². The van der Waals surface area contributed by atoms with Gasteiger partial charge in [0.2, 0.25) is 65.2 Å². The molecule has 11 bridgehead atoms. The predicted molar refractivity (Wildman–Crippen MR) is 530 cm³/mol. The zero-order valence-corrected chi connectivity index (χ0v) is 84.8. The first kappa shape index (κ1) is 112. The Labute approximate surface area is 877 Å². The highest BCUT2D eigenvalue weighted by molar-refractivity contribution is 8.00. The van der Waals surface area contributed by atoms with Crippen LogP contribution in [0.3, 0.4) is 0 Å². The number of carboxylic acids is 2. The molecule has 9 aliphatic rings. The summed E-state index contributed by atoms with van der Waals surface area (Å²) >= 11 is 22.7. The lowest BCUT2D eigenvalue weighted by molar-refractivity contribution is -0.689. The number of aliphatic hydroxyl groups excluding tert-OH is 6. The number of ether oxygens (including phenoxy) is 6. The van der Waals surface area contributed by atoms with E-state index < -0.39 is 295 Å². The fourth-order valence-corrected chi connectivity index (χ4v) is 20.8. The highest BCUT2D eigenvalue weighted by Crippen LogP contribution is 2.52. The number of nitrogens with two attached hydrogens (primary N) is 3. The minimum atomic E-state index is -2.43. The lowest BCUT2D eigenvalue weighted by Crippen LogP contribution is -2.71. The highest BCUT2D eigenvalue weighted by atomic mass is 35.5. The third-order valence-electron chi connectivity index (χ3n) is 25.8. The van der Waals surface area contributed by atoms with Crippen LogP contribution in [0, 0.1) is 5.92 Å². The summed E-state index contributed by atoms with van der Waals surface area (Å²) in [6.07, 6.45) is -14.5. The molecule has 2 aromatic heterocycles. The van der Waals surface area contributed by atoms with Crippen LogP contribution in [-0.4, -0.2) is 279 Å². The number of primary amides is 1. The number of phenols is 3. The summed E-state index contributed by atoms with van der Waals surface area (Å²) in [4.78, 5) is 196. The maximum absolute atomic E-state index is 16.4. The second-order valence-electron chi connectivity index (χ2n) is 37.1. The zero-order valence-electron chi connectivity index (χ0n) is 80.9. The molecule has 7 aromatic rings. The van der Waals surface area contributed by atoms with Crippen LogP contribution in [0.25, 0.3) is 11.1 Å². The van der Waals surface area contributed by atoms with Crippen LogP contribution < -0.4 is 94.5 Å². The molecule has 2 unspecified atom stereocenters. The van der Waals surface area contributed by atoms with Crippen molar-refractivity contribution in [3.05, 3.63) is 168 Å². The molecule has 16 rings (SSSR count). The number of halogens is 3. The van der Waals surface area contributed by atoms with Gasteiger partial charge in [-0.1, -0.05) is 89.8 Å². The molecular formula is C96H112Cl3N18O31S2+. The number of anilines is 1. The van der Waals surface area contributed by atoms with Gasteiger partial charge in [-0.15, -0.1) is 11.8 Å². The van der Waals surface area contributed by atoms with Crippen molar-refractivity contribution in [3.8, 4) is 57.1 Å². The van der Waals surface area contributed by atoms with Gasteiger partial charge in [-0.25, -0.2) is 19.1 Å². The molecule has 20 atom stereocenters. The number of carbonyl (C=O) groups excluding carboxylic acids is 11. The number of β-lactam (4-membered cyclic amide) rings is 1. The van der Waals surface area contributed by atoms with Crippen molar-refractivity contribution < 1.29 is 156 Å². The van der Waals surface area contributed by atoms with E-state index in [1.807, 2.05) is 0 Å². The molecule has 0 spiro atoms. The number of aromatic nitrogens is 2. The minimum Gasteiger partial charge on any atom is -0.507 e. The van der Waals surface area contributed by atoms with Crippen LogP contribution in [0.4, 0.5) is 5.13 Å². The third kappa shape index (κ3) is 25.4. The van der Waals surface area contributed by atoms with Crippen molar-refractivity contribution in [3.63, 3.8) is 0 Å². The first-order valence-electron chi connectivity index (χ1n) is 47.2. The number of aromatic hydroxyl groups is 3. The Morgan fingerprint density at radius 2 is 1.39 bits per heavy atom. The number of aliphatic hydroxyl groups is 6. The summed E-state index contributed by atoms with van der Waals surface area (Å²) in [7, 11) is 2.65. The van der Waals surface area contributed by atoms with Crippen LogP contribution in [-0.2, 0) is 101 Å². The summed E-state index contributed by atoms with van der Waals surface area (Å²) in [5.41, 5.74) is 13.3. The number of rotatable bonds is 33. The molecule has 150 heavy (non-hydrogen) atoms. The van der Waals surface area contributed by atoms with E-state index in [-0.39, 0.29) is 113 Å². The molecule has 9 aliphatic heterocycles. The molecule has 28 N–H and O–H groups in total. The standard InChI is InChI=1S/C96H111Cl3N18O31S2/c1-38(2)23-51(103-5)83(130)111-70-74(124)42-15-18-55(49(97)25-42)144-57-27-44-28-58(79(57)148-94-80(78(128)77(127)59(36-118)146-94)147-63-31-96(4,102)81(129)39(3)143-63)145-56-19-16-43(26-50(56)98)75(125)71-89(136)110-67(92(138)139)47-29-54(120)48(76(126)64(47)46-24-41(14-17-53(46)119)65(85(132)112-71)109-86(133)66(44)108-84(131)52(30-60(100)121)107-88(70)135)33-104-20-21-105-61(122)12-8-7-9-13-62(123)106-32-40-11-10-22-116(34-40)35-45-37-149-91-72(90(137)117(91)73(45)93(140)141)113-87(134)69(115-142-6)68-82(99)150-95(101)114-68/h10-11,14-19,22,24-29,34,38-39,51-52,59,63,65-67,70-72,74-75,77-78,80-81,91,94,103-104,118,124-125,127-129H,7-9,12-13,20-21,23,30-33,35-37,102H2,1-6H3,(H17-,100,101,105,106,107,108,109,110,111,112,113,114,115,119,120,121,122,123,126,130,131,132,133,134,135,136,138,139,140,141)/p+1/t39-,51+,52-,59+,63-,65?,66+,67-,70+,71?,72+,74+,75+,77+,78-,80+,81+,91+,94-,96-/m0/s1. The highest BCUT2D eigenvalue weighted by Gasteiger charge is 2.57. The molecule has 0 saturated carbocycles. The number of aliphatic carboxylic acids is 2. The number of unbranched alkanes of at least 4 members (excludes halogenated alkanes) is 2. The number of thiazole rings is 1. The maximum atomic E-state index is 16.4. The van der Waals surface area contributed by atoms with E-state index in [9.17, 15) is 94.5 Å². The number of hydrogen-bond acceptors (Lipinski definition) is 37. The molecule has 54 heteroatoms.